The molecule has 0 saturated carbocycles. The number of carbonyl (C=O) groups is 1. The van der Waals surface area contributed by atoms with Crippen LogP contribution >= 0.6 is 0 Å². The van der Waals surface area contributed by atoms with E-state index >= 15 is 0 Å². The van der Waals surface area contributed by atoms with Gasteiger partial charge in [0.1, 0.15) is 0 Å². The van der Waals surface area contributed by atoms with Gasteiger partial charge >= 0.3 is 29.6 Å². The second-order valence-electron chi connectivity index (χ2n) is 5.56. The van der Waals surface area contributed by atoms with E-state index in [1.54, 1.807) is 0 Å². The summed E-state index contributed by atoms with van der Waals surface area (Å²) in [7, 11) is 0. The molecule has 0 aromatic rings. The smallest absolute Gasteiger partial charge is 0.550 e. The van der Waals surface area contributed by atoms with Crippen LogP contribution in [0.2, 0.25) is 0 Å². The van der Waals surface area contributed by atoms with E-state index in [1.165, 1.54) is 32.1 Å². The van der Waals surface area contributed by atoms with Crippen LogP contribution in [0.15, 0.2) is 24.8 Å². The molecule has 2 nitrogen and oxygen atoms in total. The number of carboxylic acid groups (broad SMARTS) is 1. The molecule has 0 fully saturated rings. The van der Waals surface area contributed by atoms with Gasteiger partial charge in [0.25, 0.3) is 0 Å². The molecule has 22 heavy (non-hydrogen) atoms. The quantitative estimate of drug-likeness (QED) is 0.234. The molecular weight excluding hydrogens is 283 g/mol. The first-order valence-electron chi connectivity index (χ1n) is 8.11. The first kappa shape index (κ1) is 23.8. The Morgan fingerprint density at radius 2 is 1.91 bits per heavy atom. The van der Waals surface area contributed by atoms with Crippen LogP contribution in [0.25, 0.3) is 0 Å². The van der Waals surface area contributed by atoms with Crippen molar-refractivity contribution in [2.45, 2.75) is 71.1 Å². The third kappa shape index (κ3) is 19.5. The summed E-state index contributed by atoms with van der Waals surface area (Å²) in [4.78, 5) is 10.2. The standard InChI is InChI=1S/C19H30O2.Na/c1-3-4-5-12-15-18(2)16-13-10-8-6-7-9-11-14-17-19(20)21;/h3,6,8,18H,1,4-5,10-17H2,2H3,(H,20,21);/q;+1/p-1/b8-6-;. The predicted octanol–water partition coefficient (Wildman–Crippen LogP) is 1.02. The minimum absolute atomic E-state index is 0. The zero-order valence-electron chi connectivity index (χ0n) is 14.4. The maximum Gasteiger partial charge on any atom is 1.00 e. The molecule has 118 valence electrons. The number of carbonyl (C=O) groups excluding carboxylic acids is 1. The third-order valence-electron chi connectivity index (χ3n) is 3.41. The molecule has 1 atom stereocenters. The monoisotopic (exact) mass is 312 g/mol. The van der Waals surface area contributed by atoms with Gasteiger partial charge in [-0.2, -0.15) is 0 Å². The van der Waals surface area contributed by atoms with Crippen LogP contribution < -0.4 is 34.7 Å². The SMILES string of the molecule is C=CCCCCC(C)CCC/C=C\C#CCCCC(=O)[O-].[Na+]. The van der Waals surface area contributed by atoms with Crippen LogP contribution in [0.4, 0.5) is 0 Å². The molecule has 0 aliphatic heterocycles. The van der Waals surface area contributed by atoms with Gasteiger partial charge in [0.15, 0.2) is 0 Å². The fourth-order valence-electron chi connectivity index (χ4n) is 2.10. The molecule has 0 spiro atoms. The number of hydrogen-bond donors (Lipinski definition) is 0. The van der Waals surface area contributed by atoms with Crippen molar-refractivity contribution in [1.29, 1.82) is 0 Å². The van der Waals surface area contributed by atoms with E-state index < -0.39 is 5.97 Å². The van der Waals surface area contributed by atoms with Gasteiger partial charge in [0.05, 0.1) is 0 Å². The number of rotatable bonds is 12. The number of aliphatic carboxylic acids is 1. The summed E-state index contributed by atoms with van der Waals surface area (Å²) in [6, 6.07) is 0. The van der Waals surface area contributed by atoms with Crippen molar-refractivity contribution in [1.82, 2.24) is 0 Å². The molecule has 0 aliphatic carbocycles. The largest absolute Gasteiger partial charge is 1.00 e. The zero-order valence-corrected chi connectivity index (χ0v) is 16.4. The second kappa shape index (κ2) is 18.6. The molecule has 0 aromatic carbocycles. The molecule has 3 heteroatoms. The number of carboxylic acids is 1. The molecule has 0 radical (unpaired) electrons. The van der Waals surface area contributed by atoms with Crippen molar-refractivity contribution in [2.24, 2.45) is 5.92 Å². The van der Waals surface area contributed by atoms with Gasteiger partial charge in [-0.05, 0) is 50.5 Å². The maximum absolute atomic E-state index is 10.2. The minimum atomic E-state index is -0.994. The zero-order chi connectivity index (χ0) is 15.8. The van der Waals surface area contributed by atoms with E-state index in [-0.39, 0.29) is 36.0 Å². The van der Waals surface area contributed by atoms with E-state index in [0.717, 1.165) is 18.8 Å². The Kier molecular flexibility index (Phi) is 20.1. The van der Waals surface area contributed by atoms with E-state index in [2.05, 4.69) is 31.4 Å². The fraction of sp³-hybridized carbons (Fsp3) is 0.632. The van der Waals surface area contributed by atoms with Crippen molar-refractivity contribution in [2.75, 3.05) is 0 Å². The number of allylic oxidation sites excluding steroid dienone is 3. The average molecular weight is 312 g/mol. The van der Waals surface area contributed by atoms with E-state index in [4.69, 9.17) is 0 Å². The third-order valence-corrected chi connectivity index (χ3v) is 3.41. The van der Waals surface area contributed by atoms with Crippen LogP contribution in [-0.2, 0) is 4.79 Å². The Hall–Kier alpha value is -0.490. The average Bonchev–Trinajstić information content (AvgIpc) is 2.45. The molecular formula is C19H29NaO2. The summed E-state index contributed by atoms with van der Waals surface area (Å²) in [6.45, 7) is 6.07. The van der Waals surface area contributed by atoms with Crippen LogP contribution in [0.5, 0.6) is 0 Å². The molecule has 0 amide bonds. The Labute approximate surface area is 158 Å². The first-order valence-corrected chi connectivity index (χ1v) is 8.11. The summed E-state index contributed by atoms with van der Waals surface area (Å²) >= 11 is 0. The van der Waals surface area contributed by atoms with Crippen molar-refractivity contribution >= 4 is 5.97 Å². The fourth-order valence-corrected chi connectivity index (χ4v) is 2.10. The van der Waals surface area contributed by atoms with Crippen molar-refractivity contribution in [3.63, 3.8) is 0 Å². The number of unbranched alkanes of at least 4 members (excludes halogenated alkanes) is 4. The van der Waals surface area contributed by atoms with Gasteiger partial charge in [-0.1, -0.05) is 50.2 Å². The van der Waals surface area contributed by atoms with Crippen LogP contribution in [-0.4, -0.2) is 5.97 Å². The molecule has 0 heterocycles. The molecule has 0 bridgehead atoms. The van der Waals surface area contributed by atoms with Crippen molar-refractivity contribution in [3.05, 3.63) is 24.8 Å². The molecule has 1 unspecified atom stereocenters. The summed E-state index contributed by atoms with van der Waals surface area (Å²) in [5.41, 5.74) is 0. The Morgan fingerprint density at radius 3 is 2.59 bits per heavy atom. The van der Waals surface area contributed by atoms with E-state index in [1.807, 2.05) is 12.2 Å². The van der Waals surface area contributed by atoms with Crippen LogP contribution in [0, 0.1) is 17.8 Å². The molecule has 0 N–H and O–H groups in total. The Balaban J connectivity index is 0. The van der Waals surface area contributed by atoms with Gasteiger partial charge in [-0.3, -0.25) is 0 Å². The summed E-state index contributed by atoms with van der Waals surface area (Å²) in [5.74, 6) is 5.70. The van der Waals surface area contributed by atoms with Gasteiger partial charge < -0.3 is 9.90 Å². The van der Waals surface area contributed by atoms with E-state index in [0.29, 0.717) is 12.8 Å². The summed E-state index contributed by atoms with van der Waals surface area (Å²) < 4.78 is 0. The minimum Gasteiger partial charge on any atom is -0.550 e. The van der Waals surface area contributed by atoms with Crippen molar-refractivity contribution in [3.8, 4) is 11.8 Å². The number of hydrogen-bond acceptors (Lipinski definition) is 2. The molecule has 0 aliphatic rings. The van der Waals surface area contributed by atoms with E-state index in [9.17, 15) is 9.90 Å². The molecule has 0 aromatic heterocycles. The molecule has 0 saturated heterocycles. The molecule has 0 rings (SSSR count). The van der Waals surface area contributed by atoms with Crippen LogP contribution in [0.3, 0.4) is 0 Å². The van der Waals surface area contributed by atoms with Gasteiger partial charge in [-0.25, -0.2) is 0 Å². The Morgan fingerprint density at radius 1 is 1.18 bits per heavy atom. The summed E-state index contributed by atoms with van der Waals surface area (Å²) in [6.07, 6.45) is 15.9. The summed E-state index contributed by atoms with van der Waals surface area (Å²) in [5, 5.41) is 10.2. The second-order valence-corrected chi connectivity index (χ2v) is 5.56. The predicted molar refractivity (Wildman–Crippen MR) is 87.5 cm³/mol. The van der Waals surface area contributed by atoms with Gasteiger partial charge in [-0.15, -0.1) is 6.58 Å². The van der Waals surface area contributed by atoms with Crippen LogP contribution in [0.1, 0.15) is 71.1 Å². The Bertz CT molecular complexity index is 363. The first-order chi connectivity index (χ1) is 10.2. The maximum atomic E-state index is 10.2. The van der Waals surface area contributed by atoms with Gasteiger partial charge in [0, 0.05) is 12.4 Å². The normalized spacial score (nSPS) is 11.3. The van der Waals surface area contributed by atoms with Gasteiger partial charge in [0.2, 0.25) is 0 Å². The van der Waals surface area contributed by atoms with Crippen molar-refractivity contribution < 1.29 is 39.5 Å². The topological polar surface area (TPSA) is 40.1 Å².